The number of alkyl halides is 1. The number of nitrogens with zero attached hydrogens (tertiary/aromatic N) is 1. The van der Waals surface area contributed by atoms with Crippen LogP contribution in [0.4, 0.5) is 0 Å². The van der Waals surface area contributed by atoms with Gasteiger partial charge in [0.05, 0.1) is 11.1 Å². The highest BCUT2D eigenvalue weighted by Crippen LogP contribution is 2.19. The van der Waals surface area contributed by atoms with Gasteiger partial charge in [0.25, 0.3) is 0 Å². The van der Waals surface area contributed by atoms with E-state index in [4.69, 9.17) is 21.9 Å². The zero-order valence-electron chi connectivity index (χ0n) is 11.4. The van der Waals surface area contributed by atoms with Crippen LogP contribution < -0.4 is 0 Å². The normalized spacial score (nSPS) is 20.1. The molecule has 0 radical (unpaired) electrons. The van der Waals surface area contributed by atoms with Crippen LogP contribution in [0.25, 0.3) is 6.08 Å². The van der Waals surface area contributed by atoms with Gasteiger partial charge >= 0.3 is 5.97 Å². The molecule has 1 aliphatic carbocycles. The molecule has 4 nitrogen and oxygen atoms in total. The highest BCUT2D eigenvalue weighted by Gasteiger charge is 2.17. The second-order valence-corrected chi connectivity index (χ2v) is 5.97. The van der Waals surface area contributed by atoms with E-state index < -0.39 is 5.97 Å². The van der Waals surface area contributed by atoms with E-state index in [1.807, 2.05) is 24.3 Å². The fourth-order valence-electron chi connectivity index (χ4n) is 1.84. The van der Waals surface area contributed by atoms with Crippen molar-refractivity contribution in [2.24, 2.45) is 5.16 Å². The molecule has 0 bridgehead atoms. The Morgan fingerprint density at radius 3 is 2.71 bits per heavy atom. The Labute approximate surface area is 137 Å². The van der Waals surface area contributed by atoms with Crippen LogP contribution in [0.1, 0.15) is 31.2 Å². The maximum atomic E-state index is 10.2. The number of oxime groups is 1. The average molecular weight is 375 g/mol. The molecule has 21 heavy (non-hydrogen) atoms. The van der Waals surface area contributed by atoms with Gasteiger partial charge in [-0.3, -0.25) is 0 Å². The van der Waals surface area contributed by atoms with E-state index in [-0.39, 0.29) is 5.38 Å². The Bertz CT molecular complexity index is 531. The molecule has 2 N–H and O–H groups in total. The first-order chi connectivity index (χ1) is 10.0. The van der Waals surface area contributed by atoms with Crippen molar-refractivity contribution in [2.45, 2.75) is 31.1 Å². The van der Waals surface area contributed by atoms with E-state index in [1.165, 1.54) is 0 Å². The molecule has 6 heteroatoms. The van der Waals surface area contributed by atoms with Crippen molar-refractivity contribution in [3.63, 3.8) is 0 Å². The quantitative estimate of drug-likeness (QED) is 0.345. The van der Waals surface area contributed by atoms with Crippen LogP contribution >= 0.6 is 27.5 Å². The summed E-state index contributed by atoms with van der Waals surface area (Å²) in [6, 6.07) is 7.42. The molecular weight excluding hydrogens is 358 g/mol. The Morgan fingerprint density at radius 2 is 2.19 bits per heavy atom. The molecule has 0 aromatic heterocycles. The SMILES string of the molecule is O/N=C1/CCCCC1Cl.O=C(O)/C=C/c1cccc(Br)c1. The van der Waals surface area contributed by atoms with Gasteiger partial charge in [-0.25, -0.2) is 4.79 Å². The van der Waals surface area contributed by atoms with Gasteiger partial charge in [-0.1, -0.05) is 39.6 Å². The predicted octanol–water partition coefficient (Wildman–Crippen LogP) is 4.54. The van der Waals surface area contributed by atoms with Gasteiger partial charge in [0.1, 0.15) is 0 Å². The lowest BCUT2D eigenvalue weighted by Crippen LogP contribution is -2.18. The Morgan fingerprint density at radius 1 is 1.43 bits per heavy atom. The fourth-order valence-corrected chi connectivity index (χ4v) is 2.57. The molecule has 1 saturated carbocycles. The summed E-state index contributed by atoms with van der Waals surface area (Å²) in [5.74, 6) is -0.935. The average Bonchev–Trinajstić information content (AvgIpc) is 2.46. The molecule has 114 valence electrons. The monoisotopic (exact) mass is 373 g/mol. The summed E-state index contributed by atoms with van der Waals surface area (Å²) in [6.45, 7) is 0. The second-order valence-electron chi connectivity index (χ2n) is 4.53. The first-order valence-electron chi connectivity index (χ1n) is 6.54. The van der Waals surface area contributed by atoms with Crippen LogP contribution in [0.3, 0.4) is 0 Å². The minimum atomic E-state index is -0.935. The van der Waals surface area contributed by atoms with Gasteiger partial charge in [0.2, 0.25) is 0 Å². The Balaban J connectivity index is 0.000000219. The molecule has 1 fully saturated rings. The van der Waals surface area contributed by atoms with Gasteiger partial charge in [0.15, 0.2) is 0 Å². The maximum Gasteiger partial charge on any atom is 0.328 e. The molecule has 2 rings (SSSR count). The second kappa shape index (κ2) is 9.58. The first kappa shape index (κ1) is 17.7. The zero-order valence-corrected chi connectivity index (χ0v) is 13.7. The van der Waals surface area contributed by atoms with Crippen LogP contribution in [0, 0.1) is 0 Å². The highest BCUT2D eigenvalue weighted by molar-refractivity contribution is 9.10. The van der Waals surface area contributed by atoms with E-state index in [0.29, 0.717) is 0 Å². The Kier molecular flexibility index (Phi) is 8.08. The van der Waals surface area contributed by atoms with Crippen LogP contribution in [0.15, 0.2) is 40.0 Å². The van der Waals surface area contributed by atoms with E-state index in [9.17, 15) is 4.79 Å². The van der Waals surface area contributed by atoms with Crippen molar-refractivity contribution < 1.29 is 15.1 Å². The van der Waals surface area contributed by atoms with Crippen LogP contribution in [-0.2, 0) is 4.79 Å². The molecular formula is C15H17BrClNO3. The zero-order chi connectivity index (χ0) is 15.7. The van der Waals surface area contributed by atoms with Crippen molar-refractivity contribution >= 4 is 45.3 Å². The van der Waals surface area contributed by atoms with Crippen molar-refractivity contribution in [3.05, 3.63) is 40.4 Å². The number of carboxylic acids is 1. The molecule has 0 heterocycles. The number of aliphatic carboxylic acids is 1. The summed E-state index contributed by atoms with van der Waals surface area (Å²) < 4.78 is 0.940. The summed E-state index contributed by atoms with van der Waals surface area (Å²) in [4.78, 5) is 10.2. The minimum Gasteiger partial charge on any atom is -0.478 e. The lowest BCUT2D eigenvalue weighted by molar-refractivity contribution is -0.131. The number of hydrogen-bond acceptors (Lipinski definition) is 3. The number of benzene rings is 1. The molecule has 1 aliphatic rings. The summed E-state index contributed by atoms with van der Waals surface area (Å²) >= 11 is 9.08. The van der Waals surface area contributed by atoms with Gasteiger partial charge in [0, 0.05) is 10.5 Å². The number of carboxylic acid groups (broad SMARTS) is 1. The first-order valence-corrected chi connectivity index (χ1v) is 7.77. The summed E-state index contributed by atoms with van der Waals surface area (Å²) in [5.41, 5.74) is 1.62. The number of rotatable bonds is 2. The lowest BCUT2D eigenvalue weighted by atomic mass is 9.98. The fraction of sp³-hybridized carbons (Fsp3) is 0.333. The van der Waals surface area contributed by atoms with Crippen molar-refractivity contribution in [1.82, 2.24) is 0 Å². The van der Waals surface area contributed by atoms with Crippen molar-refractivity contribution in [3.8, 4) is 0 Å². The third kappa shape index (κ3) is 7.29. The molecule has 1 unspecified atom stereocenters. The third-order valence-corrected chi connectivity index (χ3v) is 3.86. The van der Waals surface area contributed by atoms with E-state index in [1.54, 1.807) is 6.08 Å². The van der Waals surface area contributed by atoms with Gasteiger partial charge in [-0.05, 0) is 43.0 Å². The van der Waals surface area contributed by atoms with E-state index in [2.05, 4.69) is 21.1 Å². The molecule has 0 aliphatic heterocycles. The smallest absolute Gasteiger partial charge is 0.328 e. The molecule has 0 spiro atoms. The predicted molar refractivity (Wildman–Crippen MR) is 88.1 cm³/mol. The number of carbonyl (C=O) groups is 1. The number of halogens is 2. The lowest BCUT2D eigenvalue weighted by Gasteiger charge is -2.15. The summed E-state index contributed by atoms with van der Waals surface area (Å²) in [7, 11) is 0. The largest absolute Gasteiger partial charge is 0.478 e. The Hall–Kier alpha value is -1.33. The summed E-state index contributed by atoms with van der Waals surface area (Å²) in [6.07, 6.45) is 6.76. The molecule has 0 saturated heterocycles. The van der Waals surface area contributed by atoms with Crippen LogP contribution in [0.5, 0.6) is 0 Å². The van der Waals surface area contributed by atoms with E-state index in [0.717, 1.165) is 47.5 Å². The molecule has 1 aromatic carbocycles. The van der Waals surface area contributed by atoms with Crippen molar-refractivity contribution in [1.29, 1.82) is 0 Å². The summed E-state index contributed by atoms with van der Waals surface area (Å²) in [5, 5.41) is 19.8. The van der Waals surface area contributed by atoms with Crippen LogP contribution in [0.2, 0.25) is 0 Å². The van der Waals surface area contributed by atoms with Gasteiger partial charge in [-0.15, -0.1) is 11.6 Å². The topological polar surface area (TPSA) is 69.9 Å². The van der Waals surface area contributed by atoms with Gasteiger partial charge < -0.3 is 10.3 Å². The maximum absolute atomic E-state index is 10.2. The van der Waals surface area contributed by atoms with E-state index >= 15 is 0 Å². The molecule has 1 aromatic rings. The third-order valence-electron chi connectivity index (χ3n) is 2.90. The molecule has 1 atom stereocenters. The molecule has 0 amide bonds. The number of hydrogen-bond donors (Lipinski definition) is 2. The minimum absolute atomic E-state index is 0.0104. The van der Waals surface area contributed by atoms with Crippen LogP contribution in [-0.4, -0.2) is 27.4 Å². The standard InChI is InChI=1S/C9H7BrO2.C6H10ClNO/c10-8-3-1-2-7(6-8)4-5-9(11)12;7-5-3-1-2-4-6(5)8-9/h1-6H,(H,11,12);5,9H,1-4H2/b5-4+;8-6-. The highest BCUT2D eigenvalue weighted by atomic mass is 79.9. The van der Waals surface area contributed by atoms with Crippen molar-refractivity contribution in [2.75, 3.05) is 0 Å². The van der Waals surface area contributed by atoms with Gasteiger partial charge in [-0.2, -0.15) is 0 Å².